The topological polar surface area (TPSA) is 134 Å². The number of ether oxygens (including phenoxy) is 3. The molecule has 3 aromatic rings. The van der Waals surface area contributed by atoms with Crippen molar-refractivity contribution in [2.45, 2.75) is 25.2 Å². The minimum Gasteiger partial charge on any atom is -0.379 e. The highest BCUT2D eigenvalue weighted by Crippen LogP contribution is 2.47. The summed E-state index contributed by atoms with van der Waals surface area (Å²) >= 11 is 0. The molecule has 1 aliphatic carbocycles. The van der Waals surface area contributed by atoms with Gasteiger partial charge in [-0.1, -0.05) is 48.6 Å². The number of nitrogens with zero attached hydrogens (tertiary/aromatic N) is 4. The fourth-order valence-corrected chi connectivity index (χ4v) is 5.99. The van der Waals surface area contributed by atoms with Crippen LogP contribution in [0.15, 0.2) is 79.2 Å². The maximum absolute atomic E-state index is 13.4. The van der Waals surface area contributed by atoms with Crippen LogP contribution in [0.25, 0.3) is 17.1 Å². The van der Waals surface area contributed by atoms with Gasteiger partial charge in [-0.3, -0.25) is 14.5 Å². The van der Waals surface area contributed by atoms with E-state index in [0.717, 1.165) is 44.1 Å². The van der Waals surface area contributed by atoms with Gasteiger partial charge in [-0.25, -0.2) is 9.67 Å². The molecule has 2 saturated heterocycles. The van der Waals surface area contributed by atoms with Gasteiger partial charge in [0.25, 0.3) is 17.6 Å². The lowest BCUT2D eigenvalue weighted by Crippen LogP contribution is -2.58. The van der Waals surface area contributed by atoms with E-state index in [1.807, 2.05) is 30.4 Å². The lowest BCUT2D eigenvalue weighted by Gasteiger charge is -2.43. The van der Waals surface area contributed by atoms with Gasteiger partial charge in [0.1, 0.15) is 0 Å². The summed E-state index contributed by atoms with van der Waals surface area (Å²) in [5.41, 5.74) is 8.32. The molecule has 4 heterocycles. The van der Waals surface area contributed by atoms with Crippen molar-refractivity contribution in [3.63, 3.8) is 0 Å². The first kappa shape index (κ1) is 28.9. The highest BCUT2D eigenvalue weighted by Gasteiger charge is 2.58. The molecule has 0 spiro atoms. The molecule has 43 heavy (non-hydrogen) atoms. The number of pyridine rings is 1. The number of hydrogen-bond donors (Lipinski definition) is 2. The molecule has 2 fully saturated rings. The summed E-state index contributed by atoms with van der Waals surface area (Å²) in [6, 6.07) is 13.7. The second kappa shape index (κ2) is 12.6. The molecule has 6 rings (SSSR count). The molecule has 0 saturated carbocycles. The number of carbonyl (C=O) groups excluding carboxylic acids is 2. The second-order valence-electron chi connectivity index (χ2n) is 10.9. The summed E-state index contributed by atoms with van der Waals surface area (Å²) in [4.78, 5) is 32.8. The molecule has 0 radical (unpaired) electrons. The highest BCUT2D eigenvalue weighted by atomic mass is 16.7. The normalized spacial score (nSPS) is 21.6. The van der Waals surface area contributed by atoms with E-state index < -0.39 is 17.1 Å². The Morgan fingerprint density at radius 1 is 1.00 bits per heavy atom. The first-order valence-electron chi connectivity index (χ1n) is 14.6. The fraction of sp³-hybridized carbons (Fsp3) is 0.375. The van der Waals surface area contributed by atoms with Crippen LogP contribution in [-0.2, 0) is 25.5 Å². The number of nitrogens with one attached hydrogen (secondary N) is 1. The van der Waals surface area contributed by atoms with Gasteiger partial charge < -0.3 is 25.3 Å². The molecule has 2 aliphatic heterocycles. The number of amides is 2. The van der Waals surface area contributed by atoms with Gasteiger partial charge in [0.2, 0.25) is 0 Å². The molecule has 0 bridgehead atoms. The summed E-state index contributed by atoms with van der Waals surface area (Å²) in [6.45, 7) is 5.14. The Morgan fingerprint density at radius 3 is 2.51 bits per heavy atom. The van der Waals surface area contributed by atoms with E-state index in [0.29, 0.717) is 24.2 Å². The second-order valence-corrected chi connectivity index (χ2v) is 10.9. The van der Waals surface area contributed by atoms with E-state index in [1.54, 1.807) is 29.2 Å². The summed E-state index contributed by atoms with van der Waals surface area (Å²) in [5, 5.41) is 7.72. The molecule has 224 valence electrons. The summed E-state index contributed by atoms with van der Waals surface area (Å²) in [7, 11) is 0. The van der Waals surface area contributed by atoms with Crippen LogP contribution in [-0.4, -0.2) is 83.3 Å². The third-order valence-corrected chi connectivity index (χ3v) is 8.27. The van der Waals surface area contributed by atoms with E-state index in [4.69, 9.17) is 25.0 Å². The molecular weight excluding hydrogens is 548 g/mol. The Morgan fingerprint density at radius 2 is 1.79 bits per heavy atom. The maximum atomic E-state index is 13.4. The average Bonchev–Trinajstić information content (AvgIpc) is 3.75. The molecule has 2 amide bonds. The van der Waals surface area contributed by atoms with E-state index in [9.17, 15) is 9.59 Å². The molecule has 2 aromatic heterocycles. The fourth-order valence-electron chi connectivity index (χ4n) is 5.99. The number of nitrogens with two attached hydrogens (primary N) is 1. The zero-order valence-electron chi connectivity index (χ0n) is 24.0. The van der Waals surface area contributed by atoms with E-state index in [2.05, 4.69) is 39.5 Å². The van der Waals surface area contributed by atoms with Crippen molar-refractivity contribution in [3.05, 3.63) is 90.3 Å². The summed E-state index contributed by atoms with van der Waals surface area (Å²) in [6.07, 6.45) is 11.9. The first-order valence-corrected chi connectivity index (χ1v) is 14.6. The zero-order valence-corrected chi connectivity index (χ0v) is 24.0. The van der Waals surface area contributed by atoms with Crippen molar-refractivity contribution in [2.75, 3.05) is 46.1 Å². The number of primary amides is 1. The number of hydrogen-bond acceptors (Lipinski definition) is 8. The van der Waals surface area contributed by atoms with Crippen LogP contribution in [0.4, 0.5) is 0 Å². The first-order chi connectivity index (χ1) is 21.0. The van der Waals surface area contributed by atoms with Crippen LogP contribution in [0.3, 0.4) is 0 Å². The molecule has 3 N–H and O–H groups in total. The summed E-state index contributed by atoms with van der Waals surface area (Å²) < 4.78 is 18.7. The minimum atomic E-state index is -1.58. The third-order valence-electron chi connectivity index (χ3n) is 8.27. The van der Waals surface area contributed by atoms with Crippen LogP contribution < -0.4 is 11.1 Å². The average molecular weight is 585 g/mol. The predicted molar refractivity (Wildman–Crippen MR) is 159 cm³/mol. The van der Waals surface area contributed by atoms with Crippen molar-refractivity contribution in [3.8, 4) is 17.1 Å². The van der Waals surface area contributed by atoms with Crippen molar-refractivity contribution in [2.24, 2.45) is 11.1 Å². The summed E-state index contributed by atoms with van der Waals surface area (Å²) in [5.74, 6) is -2.14. The zero-order chi connectivity index (χ0) is 29.7. The number of morpholine rings is 1. The SMILES string of the molecule is NC(=O)C1(C2(CCNC(=O)c3cccnc3-n3ccc(-c4ccc(CN5CCOCC5)cc4)n3)C=CC=CC2)OCCO1. The molecular formula is C32H36N6O5. The van der Waals surface area contributed by atoms with Crippen molar-refractivity contribution < 1.29 is 23.8 Å². The largest absolute Gasteiger partial charge is 0.379 e. The van der Waals surface area contributed by atoms with Crippen molar-refractivity contribution in [1.82, 2.24) is 25.0 Å². The lowest BCUT2D eigenvalue weighted by molar-refractivity contribution is -0.218. The van der Waals surface area contributed by atoms with Crippen LogP contribution in [0, 0.1) is 5.41 Å². The van der Waals surface area contributed by atoms with Gasteiger partial charge in [-0.15, -0.1) is 0 Å². The van der Waals surface area contributed by atoms with Gasteiger partial charge in [-0.2, -0.15) is 5.10 Å². The van der Waals surface area contributed by atoms with Crippen molar-refractivity contribution in [1.29, 1.82) is 0 Å². The molecule has 3 aliphatic rings. The Hall–Kier alpha value is -4.16. The van der Waals surface area contributed by atoms with Gasteiger partial charge in [0.05, 0.1) is 43.1 Å². The van der Waals surface area contributed by atoms with Crippen LogP contribution in [0.5, 0.6) is 0 Å². The molecule has 1 atom stereocenters. The maximum Gasteiger partial charge on any atom is 0.278 e. The van der Waals surface area contributed by atoms with E-state index >= 15 is 0 Å². The van der Waals surface area contributed by atoms with Crippen LogP contribution in [0.1, 0.15) is 28.8 Å². The number of rotatable bonds is 10. The van der Waals surface area contributed by atoms with Gasteiger partial charge in [-0.05, 0) is 36.6 Å². The minimum absolute atomic E-state index is 0.258. The molecule has 11 heteroatoms. The number of allylic oxidation sites excluding steroid dienone is 3. The van der Waals surface area contributed by atoms with Gasteiger partial charge in [0, 0.05) is 44.1 Å². The molecule has 1 unspecified atom stereocenters. The smallest absolute Gasteiger partial charge is 0.278 e. The lowest BCUT2D eigenvalue weighted by atomic mass is 9.71. The van der Waals surface area contributed by atoms with Gasteiger partial charge in [0.15, 0.2) is 5.82 Å². The Bertz CT molecular complexity index is 1500. The Balaban J connectivity index is 1.14. The number of carbonyl (C=O) groups is 2. The molecule has 1 aromatic carbocycles. The quantitative estimate of drug-likeness (QED) is 0.372. The van der Waals surface area contributed by atoms with Crippen LogP contribution in [0.2, 0.25) is 0 Å². The Labute approximate surface area is 250 Å². The van der Waals surface area contributed by atoms with Crippen LogP contribution >= 0.6 is 0 Å². The van der Waals surface area contributed by atoms with Gasteiger partial charge >= 0.3 is 0 Å². The molecule has 11 nitrogen and oxygen atoms in total. The number of aromatic nitrogens is 3. The monoisotopic (exact) mass is 584 g/mol. The van der Waals surface area contributed by atoms with E-state index in [-0.39, 0.29) is 25.7 Å². The number of benzene rings is 1. The van der Waals surface area contributed by atoms with E-state index in [1.165, 1.54) is 5.56 Å². The van der Waals surface area contributed by atoms with Crippen molar-refractivity contribution >= 4 is 11.8 Å². The highest BCUT2D eigenvalue weighted by molar-refractivity contribution is 5.97. The standard InChI is InChI=1S/C32H36N6O5/c33-30(40)32(42-21-22-43-32)31(11-2-1-3-12-31)13-15-35-29(39)26-5-4-14-34-28(26)38-16-10-27(36-38)25-8-6-24(7-9-25)23-37-17-19-41-20-18-37/h1-11,14,16H,12-13,15,17-23H2,(H2,33,40)(H,35,39). The predicted octanol–water partition coefficient (Wildman–Crippen LogP) is 2.62. The Kier molecular flexibility index (Phi) is 8.48. The third kappa shape index (κ3) is 5.89.